The maximum atomic E-state index is 11.6. The van der Waals surface area contributed by atoms with Crippen molar-refractivity contribution < 1.29 is 19.4 Å². The van der Waals surface area contributed by atoms with Gasteiger partial charge in [0.15, 0.2) is 0 Å². The van der Waals surface area contributed by atoms with Crippen LogP contribution >= 0.6 is 0 Å². The Morgan fingerprint density at radius 1 is 1.47 bits per heavy atom. The third-order valence-electron chi connectivity index (χ3n) is 3.41. The Labute approximate surface area is 101 Å². The lowest BCUT2D eigenvalue weighted by atomic mass is 10.0. The van der Waals surface area contributed by atoms with E-state index < -0.39 is 5.60 Å². The highest BCUT2D eigenvalue weighted by Gasteiger charge is 2.32. The Hall–Kier alpha value is -0.650. The van der Waals surface area contributed by atoms with Crippen molar-refractivity contribution >= 4 is 5.91 Å². The van der Waals surface area contributed by atoms with Crippen LogP contribution in [0.1, 0.15) is 32.1 Å². The summed E-state index contributed by atoms with van der Waals surface area (Å²) in [6, 6.07) is 0. The second-order valence-corrected chi connectivity index (χ2v) is 4.98. The SMILES string of the molecule is O=C(CCC1CCCO1)NCC1(O)CCOC1. The van der Waals surface area contributed by atoms with E-state index in [1.54, 1.807) is 0 Å². The third kappa shape index (κ3) is 3.94. The van der Waals surface area contributed by atoms with Crippen LogP contribution in [-0.4, -0.2) is 49.1 Å². The summed E-state index contributed by atoms with van der Waals surface area (Å²) in [7, 11) is 0. The van der Waals surface area contributed by atoms with Crippen LogP contribution in [0.2, 0.25) is 0 Å². The van der Waals surface area contributed by atoms with E-state index in [1.807, 2.05) is 0 Å². The van der Waals surface area contributed by atoms with Gasteiger partial charge in [-0.1, -0.05) is 0 Å². The van der Waals surface area contributed by atoms with Crippen LogP contribution in [0.15, 0.2) is 0 Å². The highest BCUT2D eigenvalue weighted by molar-refractivity contribution is 5.75. The first kappa shape index (κ1) is 12.8. The van der Waals surface area contributed by atoms with E-state index in [2.05, 4.69) is 5.32 Å². The quantitative estimate of drug-likeness (QED) is 0.724. The van der Waals surface area contributed by atoms with Crippen LogP contribution in [0.25, 0.3) is 0 Å². The van der Waals surface area contributed by atoms with E-state index in [1.165, 1.54) is 0 Å². The molecular formula is C12H21NO4. The first-order valence-electron chi connectivity index (χ1n) is 6.36. The Bertz CT molecular complexity index is 257. The van der Waals surface area contributed by atoms with Crippen molar-refractivity contribution in [3.63, 3.8) is 0 Å². The van der Waals surface area contributed by atoms with Gasteiger partial charge in [0.05, 0.1) is 12.7 Å². The van der Waals surface area contributed by atoms with Gasteiger partial charge in [-0.2, -0.15) is 0 Å². The smallest absolute Gasteiger partial charge is 0.220 e. The van der Waals surface area contributed by atoms with Crippen LogP contribution in [0.5, 0.6) is 0 Å². The average molecular weight is 243 g/mol. The number of nitrogens with one attached hydrogen (secondary N) is 1. The summed E-state index contributed by atoms with van der Waals surface area (Å²) in [4.78, 5) is 11.6. The molecule has 2 aliphatic heterocycles. The van der Waals surface area contributed by atoms with Crippen molar-refractivity contribution in [1.29, 1.82) is 0 Å². The fourth-order valence-corrected chi connectivity index (χ4v) is 2.25. The fraction of sp³-hybridized carbons (Fsp3) is 0.917. The Morgan fingerprint density at radius 2 is 2.35 bits per heavy atom. The molecule has 2 N–H and O–H groups in total. The minimum atomic E-state index is -0.862. The zero-order chi connectivity index (χ0) is 12.1. The van der Waals surface area contributed by atoms with Crippen LogP contribution in [-0.2, 0) is 14.3 Å². The molecule has 2 aliphatic rings. The summed E-state index contributed by atoms with van der Waals surface area (Å²) in [5.41, 5.74) is -0.862. The molecule has 2 rings (SSSR count). The molecule has 0 spiro atoms. The predicted molar refractivity (Wildman–Crippen MR) is 61.6 cm³/mol. The third-order valence-corrected chi connectivity index (χ3v) is 3.41. The molecule has 0 aromatic carbocycles. The maximum Gasteiger partial charge on any atom is 0.220 e. The van der Waals surface area contributed by atoms with E-state index in [0.717, 1.165) is 25.9 Å². The van der Waals surface area contributed by atoms with Gasteiger partial charge in [-0.15, -0.1) is 0 Å². The zero-order valence-electron chi connectivity index (χ0n) is 10.1. The number of ether oxygens (including phenoxy) is 2. The van der Waals surface area contributed by atoms with E-state index in [4.69, 9.17) is 9.47 Å². The van der Waals surface area contributed by atoms with Gasteiger partial charge in [-0.3, -0.25) is 4.79 Å². The summed E-state index contributed by atoms with van der Waals surface area (Å²) in [5.74, 6) is -0.0131. The lowest BCUT2D eigenvalue weighted by Gasteiger charge is -2.20. The van der Waals surface area contributed by atoms with Crippen LogP contribution in [0, 0.1) is 0 Å². The van der Waals surface area contributed by atoms with Crippen molar-refractivity contribution in [3.8, 4) is 0 Å². The van der Waals surface area contributed by atoms with Crippen molar-refractivity contribution in [3.05, 3.63) is 0 Å². The van der Waals surface area contributed by atoms with Gasteiger partial charge in [-0.25, -0.2) is 0 Å². The number of hydrogen-bond donors (Lipinski definition) is 2. The summed E-state index contributed by atoms with van der Waals surface area (Å²) in [6.45, 7) is 2.00. The van der Waals surface area contributed by atoms with Crippen molar-refractivity contribution in [2.24, 2.45) is 0 Å². The van der Waals surface area contributed by atoms with Gasteiger partial charge in [0.25, 0.3) is 0 Å². The topological polar surface area (TPSA) is 67.8 Å². The largest absolute Gasteiger partial charge is 0.386 e. The minimum absolute atomic E-state index is 0.0131. The van der Waals surface area contributed by atoms with Gasteiger partial charge in [0.2, 0.25) is 5.91 Å². The molecule has 5 heteroatoms. The Balaban J connectivity index is 1.60. The standard InChI is InChI=1S/C12H21NO4/c14-11(4-3-10-2-1-6-17-10)13-8-12(15)5-7-16-9-12/h10,15H,1-9H2,(H,13,14). The predicted octanol–water partition coefficient (Wildman–Crippen LogP) is 0.213. The van der Waals surface area contributed by atoms with Gasteiger partial charge < -0.3 is 19.9 Å². The molecule has 0 aromatic heterocycles. The summed E-state index contributed by atoms with van der Waals surface area (Å²) in [6.07, 6.45) is 4.26. The van der Waals surface area contributed by atoms with Crippen LogP contribution in [0.4, 0.5) is 0 Å². The van der Waals surface area contributed by atoms with Crippen molar-refractivity contribution in [1.82, 2.24) is 5.32 Å². The molecule has 0 bridgehead atoms. The molecule has 2 saturated heterocycles. The monoisotopic (exact) mass is 243 g/mol. The molecule has 1 amide bonds. The molecule has 0 radical (unpaired) electrons. The van der Waals surface area contributed by atoms with E-state index in [0.29, 0.717) is 26.1 Å². The van der Waals surface area contributed by atoms with Gasteiger partial charge >= 0.3 is 0 Å². The second-order valence-electron chi connectivity index (χ2n) is 4.98. The number of amides is 1. The molecule has 2 fully saturated rings. The molecule has 0 aliphatic carbocycles. The maximum absolute atomic E-state index is 11.6. The Kier molecular flexibility index (Phi) is 4.36. The molecule has 0 aromatic rings. The molecule has 98 valence electrons. The first-order chi connectivity index (χ1) is 8.18. The lowest BCUT2D eigenvalue weighted by Crippen LogP contribution is -2.43. The normalized spacial score (nSPS) is 32.9. The minimum Gasteiger partial charge on any atom is -0.386 e. The summed E-state index contributed by atoms with van der Waals surface area (Å²) < 4.78 is 10.6. The molecule has 2 atom stereocenters. The molecule has 2 unspecified atom stereocenters. The van der Waals surface area contributed by atoms with Crippen LogP contribution in [0.3, 0.4) is 0 Å². The van der Waals surface area contributed by atoms with E-state index >= 15 is 0 Å². The fourth-order valence-electron chi connectivity index (χ4n) is 2.25. The van der Waals surface area contributed by atoms with Gasteiger partial charge in [0.1, 0.15) is 5.60 Å². The number of hydrogen-bond acceptors (Lipinski definition) is 4. The first-order valence-corrected chi connectivity index (χ1v) is 6.36. The molecule has 17 heavy (non-hydrogen) atoms. The van der Waals surface area contributed by atoms with Crippen molar-refractivity contribution in [2.75, 3.05) is 26.4 Å². The zero-order valence-corrected chi connectivity index (χ0v) is 10.1. The highest BCUT2D eigenvalue weighted by Crippen LogP contribution is 2.18. The summed E-state index contributed by atoms with van der Waals surface area (Å²) in [5, 5.41) is 12.7. The number of carbonyl (C=O) groups is 1. The van der Waals surface area contributed by atoms with E-state index in [-0.39, 0.29) is 18.6 Å². The Morgan fingerprint density at radius 3 is 3.00 bits per heavy atom. The van der Waals surface area contributed by atoms with Gasteiger partial charge in [0, 0.05) is 32.6 Å². The molecule has 5 nitrogen and oxygen atoms in total. The molecular weight excluding hydrogens is 222 g/mol. The summed E-state index contributed by atoms with van der Waals surface area (Å²) >= 11 is 0. The van der Waals surface area contributed by atoms with Crippen molar-refractivity contribution in [2.45, 2.75) is 43.8 Å². The average Bonchev–Trinajstić information content (AvgIpc) is 2.95. The number of rotatable bonds is 5. The van der Waals surface area contributed by atoms with E-state index in [9.17, 15) is 9.90 Å². The highest BCUT2D eigenvalue weighted by atomic mass is 16.5. The van der Waals surface area contributed by atoms with Gasteiger partial charge in [-0.05, 0) is 19.3 Å². The van der Waals surface area contributed by atoms with Crippen LogP contribution < -0.4 is 5.32 Å². The lowest BCUT2D eigenvalue weighted by molar-refractivity contribution is -0.123. The molecule has 0 saturated carbocycles. The number of carbonyl (C=O) groups excluding carboxylic acids is 1. The second kappa shape index (κ2) is 5.80. The number of aliphatic hydroxyl groups is 1. The molecule has 2 heterocycles.